The fourth-order valence-corrected chi connectivity index (χ4v) is 3.99. The molecule has 3 aliphatic rings. The number of esters is 1. The molecular formula is C12H16Cl3N3O4. The van der Waals surface area contributed by atoms with Crippen LogP contribution >= 0.6 is 34.8 Å². The van der Waals surface area contributed by atoms with Crippen molar-refractivity contribution in [2.45, 2.75) is 53.7 Å². The van der Waals surface area contributed by atoms with Crippen LogP contribution in [0.4, 0.5) is 0 Å². The lowest BCUT2D eigenvalue weighted by molar-refractivity contribution is -0.150. The van der Waals surface area contributed by atoms with Crippen LogP contribution < -0.4 is 11.1 Å². The molecule has 5 unspecified atom stereocenters. The summed E-state index contributed by atoms with van der Waals surface area (Å²) in [5.74, 6) is -1.06. The van der Waals surface area contributed by atoms with Crippen LogP contribution in [-0.4, -0.2) is 57.3 Å². The second-order valence-corrected chi connectivity index (χ2v) is 8.16. The van der Waals surface area contributed by atoms with Gasteiger partial charge in [-0.3, -0.25) is 10.1 Å². The number of carbonyl (C=O) groups is 2. The summed E-state index contributed by atoms with van der Waals surface area (Å²) in [6, 6.07) is -0.679. The highest BCUT2D eigenvalue weighted by Gasteiger charge is 2.67. The van der Waals surface area contributed by atoms with Gasteiger partial charge in [0.15, 0.2) is 5.54 Å². The predicted octanol–water partition coefficient (Wildman–Crippen LogP) is 0.262. The van der Waals surface area contributed by atoms with Gasteiger partial charge in [-0.1, -0.05) is 34.8 Å². The van der Waals surface area contributed by atoms with Crippen LogP contribution in [0.5, 0.6) is 0 Å². The van der Waals surface area contributed by atoms with Crippen molar-refractivity contribution in [3.8, 4) is 0 Å². The minimum Gasteiger partial charge on any atom is -0.440 e. The molecule has 0 spiro atoms. The van der Waals surface area contributed by atoms with Crippen molar-refractivity contribution in [3.63, 3.8) is 0 Å². The summed E-state index contributed by atoms with van der Waals surface area (Å²) in [4.78, 5) is 25.7. The van der Waals surface area contributed by atoms with Crippen LogP contribution in [0.25, 0.3) is 0 Å². The summed E-state index contributed by atoms with van der Waals surface area (Å²) in [6.45, 7) is 2.24. The number of nitrogens with one attached hydrogen (secondary N) is 1. The highest BCUT2D eigenvalue weighted by Crippen LogP contribution is 2.49. The molecule has 3 saturated heterocycles. The lowest BCUT2D eigenvalue weighted by atomic mass is 9.94. The molecule has 0 bridgehead atoms. The number of ether oxygens (including phenoxy) is 2. The van der Waals surface area contributed by atoms with E-state index in [9.17, 15) is 9.59 Å². The largest absolute Gasteiger partial charge is 0.440 e. The maximum Gasteiger partial charge on any atom is 0.332 e. The van der Waals surface area contributed by atoms with Crippen molar-refractivity contribution < 1.29 is 19.1 Å². The monoisotopic (exact) mass is 371 g/mol. The Morgan fingerprint density at radius 2 is 2.18 bits per heavy atom. The van der Waals surface area contributed by atoms with E-state index in [1.54, 1.807) is 11.8 Å². The van der Waals surface area contributed by atoms with Crippen LogP contribution in [0.2, 0.25) is 0 Å². The van der Waals surface area contributed by atoms with Gasteiger partial charge in [-0.05, 0) is 19.8 Å². The van der Waals surface area contributed by atoms with Crippen LogP contribution in [-0.2, 0) is 19.1 Å². The fourth-order valence-electron chi connectivity index (χ4n) is 3.50. The second-order valence-electron chi connectivity index (χ2n) is 5.79. The smallest absolute Gasteiger partial charge is 0.332 e. The van der Waals surface area contributed by atoms with Crippen LogP contribution in [0, 0.1) is 0 Å². The van der Waals surface area contributed by atoms with Crippen LogP contribution in [0.3, 0.4) is 0 Å². The number of hydrogen-bond acceptors (Lipinski definition) is 6. The third-order valence-corrected chi connectivity index (χ3v) is 5.06. The number of rotatable bonds is 2. The SMILES string of the molecule is CC1OC(C23CCCN2C(C(Cl)(Cl)Cl)OC3=O)NC1C(N)=O. The zero-order valence-electron chi connectivity index (χ0n) is 11.7. The molecule has 22 heavy (non-hydrogen) atoms. The first kappa shape index (κ1) is 16.5. The van der Waals surface area contributed by atoms with Gasteiger partial charge >= 0.3 is 5.97 Å². The number of fused-ring (bicyclic) bond motifs is 1. The average molecular weight is 373 g/mol. The fraction of sp³-hybridized carbons (Fsp3) is 0.833. The van der Waals surface area contributed by atoms with Crippen molar-refractivity contribution in [2.75, 3.05) is 6.54 Å². The summed E-state index contributed by atoms with van der Waals surface area (Å²) < 4.78 is 9.30. The molecule has 10 heteroatoms. The Morgan fingerprint density at radius 3 is 2.73 bits per heavy atom. The standard InChI is InChI=1S/C12H16Cl3N3O4/c1-5-6(7(16)19)17-8(21-5)11-3-2-4-18(11)9(12(13,14)15)22-10(11)20/h5-6,8-9,17H,2-4H2,1H3,(H2,16,19). The number of alkyl halides is 3. The Labute approximate surface area is 142 Å². The molecule has 0 saturated carbocycles. The molecule has 0 aromatic heterocycles. The molecule has 0 aliphatic carbocycles. The summed E-state index contributed by atoms with van der Waals surface area (Å²) >= 11 is 17.8. The van der Waals surface area contributed by atoms with E-state index in [-0.39, 0.29) is 0 Å². The van der Waals surface area contributed by atoms with Crippen molar-refractivity contribution in [3.05, 3.63) is 0 Å². The van der Waals surface area contributed by atoms with E-state index in [1.165, 1.54) is 0 Å². The Bertz CT molecular complexity index is 514. The molecule has 3 fully saturated rings. The Hall–Kier alpha value is -0.310. The van der Waals surface area contributed by atoms with E-state index in [0.717, 1.165) is 6.42 Å². The van der Waals surface area contributed by atoms with Gasteiger partial charge < -0.3 is 15.2 Å². The molecule has 0 aromatic rings. The van der Waals surface area contributed by atoms with Crippen molar-refractivity contribution >= 4 is 46.7 Å². The highest BCUT2D eigenvalue weighted by molar-refractivity contribution is 6.68. The van der Waals surface area contributed by atoms with E-state index < -0.39 is 45.8 Å². The lowest BCUT2D eigenvalue weighted by Gasteiger charge is -2.35. The van der Waals surface area contributed by atoms with Gasteiger partial charge in [0.25, 0.3) is 0 Å². The molecule has 5 atom stereocenters. The number of halogens is 3. The molecule has 3 aliphatic heterocycles. The van der Waals surface area contributed by atoms with Gasteiger partial charge in [0.1, 0.15) is 12.3 Å². The Morgan fingerprint density at radius 1 is 1.50 bits per heavy atom. The first-order valence-corrected chi connectivity index (χ1v) is 8.06. The minimum atomic E-state index is -1.77. The number of nitrogens with two attached hydrogens (primary N) is 1. The van der Waals surface area contributed by atoms with E-state index in [0.29, 0.717) is 13.0 Å². The van der Waals surface area contributed by atoms with Gasteiger partial charge in [0.05, 0.1) is 6.10 Å². The zero-order valence-corrected chi connectivity index (χ0v) is 14.0. The van der Waals surface area contributed by atoms with Gasteiger partial charge in [-0.2, -0.15) is 0 Å². The molecule has 3 N–H and O–H groups in total. The van der Waals surface area contributed by atoms with Gasteiger partial charge in [0.2, 0.25) is 15.9 Å². The number of primary amides is 1. The topological polar surface area (TPSA) is 93.9 Å². The zero-order chi connectivity index (χ0) is 16.3. The lowest BCUT2D eigenvalue weighted by Crippen LogP contribution is -2.61. The normalized spacial score (nSPS) is 42.5. The second kappa shape index (κ2) is 5.36. The van der Waals surface area contributed by atoms with Crippen molar-refractivity contribution in [2.24, 2.45) is 5.73 Å². The Kier molecular flexibility index (Phi) is 4.03. The molecule has 124 valence electrons. The van der Waals surface area contributed by atoms with E-state index in [4.69, 9.17) is 50.0 Å². The summed E-state index contributed by atoms with van der Waals surface area (Å²) in [5.41, 5.74) is 4.24. The summed E-state index contributed by atoms with van der Waals surface area (Å²) in [5, 5.41) is 2.98. The first-order valence-electron chi connectivity index (χ1n) is 6.93. The van der Waals surface area contributed by atoms with Crippen LogP contribution in [0.15, 0.2) is 0 Å². The van der Waals surface area contributed by atoms with E-state index in [2.05, 4.69) is 5.32 Å². The number of carbonyl (C=O) groups excluding carboxylic acids is 2. The average Bonchev–Trinajstić information content (AvgIpc) is 3.02. The molecule has 0 radical (unpaired) electrons. The maximum atomic E-state index is 12.5. The number of nitrogens with zero attached hydrogens (tertiary/aromatic N) is 1. The van der Waals surface area contributed by atoms with Crippen molar-refractivity contribution in [1.82, 2.24) is 10.2 Å². The van der Waals surface area contributed by atoms with Crippen molar-refractivity contribution in [1.29, 1.82) is 0 Å². The van der Waals surface area contributed by atoms with Gasteiger partial charge in [-0.25, -0.2) is 9.69 Å². The van der Waals surface area contributed by atoms with E-state index in [1.807, 2.05) is 0 Å². The number of cyclic esters (lactones) is 1. The predicted molar refractivity (Wildman–Crippen MR) is 79.3 cm³/mol. The third kappa shape index (κ3) is 2.30. The third-order valence-electron chi connectivity index (χ3n) is 4.50. The molecule has 0 aromatic carbocycles. The molecule has 7 nitrogen and oxygen atoms in total. The number of hydrogen-bond donors (Lipinski definition) is 2. The molecule has 1 amide bonds. The number of amides is 1. The molecular weight excluding hydrogens is 357 g/mol. The quantitative estimate of drug-likeness (QED) is 0.533. The summed E-state index contributed by atoms with van der Waals surface area (Å²) in [7, 11) is 0. The van der Waals surface area contributed by atoms with Gasteiger partial charge in [0, 0.05) is 6.54 Å². The highest BCUT2D eigenvalue weighted by atomic mass is 35.6. The maximum absolute atomic E-state index is 12.5. The van der Waals surface area contributed by atoms with Crippen LogP contribution in [0.1, 0.15) is 19.8 Å². The molecule has 3 heterocycles. The minimum absolute atomic E-state index is 0.459. The summed E-state index contributed by atoms with van der Waals surface area (Å²) in [6.07, 6.45) is -0.977. The van der Waals surface area contributed by atoms with Gasteiger partial charge in [-0.15, -0.1) is 0 Å². The Balaban J connectivity index is 1.92. The van der Waals surface area contributed by atoms with E-state index >= 15 is 0 Å². The molecule has 3 rings (SSSR count). The first-order chi connectivity index (χ1) is 10.2.